The molecule has 1 unspecified atom stereocenters. The average Bonchev–Trinajstić information content (AvgIpc) is 3.38. The molecule has 0 aromatic carbocycles. The summed E-state index contributed by atoms with van der Waals surface area (Å²) in [5.74, 6) is -2.83. The standard InChI is InChI=1S/C39H56O9/c1-10-23(4)33-26(7)16-17-38(48-33)20-30-19-29(47-38)15-14-25(6)32(46-36(40)22(2)3)24(5)12-11-13-28-21-44-35-34(43-9)27(8)18-31(37(41)45-30)39(28,35)42/h10-14,18,22,24,26,29-35,42H,15-17,19-21H2,1-9H3/b12-11+,23-10+,25-14+,28-13+/t24-,26-,29+,30-,31-,32?,33+,34+,35+,38+,39+/m0/s1. The molecule has 1 spiro atoms. The minimum absolute atomic E-state index is 0.110. The second-order valence-electron chi connectivity index (χ2n) is 15.0. The molecular weight excluding hydrogens is 612 g/mol. The van der Waals surface area contributed by atoms with Crippen LogP contribution in [-0.4, -0.2) is 78.8 Å². The summed E-state index contributed by atoms with van der Waals surface area (Å²) in [5, 5.41) is 12.5. The van der Waals surface area contributed by atoms with Crippen LogP contribution in [0.1, 0.15) is 87.5 Å². The minimum atomic E-state index is -1.67. The van der Waals surface area contributed by atoms with Gasteiger partial charge in [0.25, 0.3) is 0 Å². The summed E-state index contributed by atoms with van der Waals surface area (Å²) in [4.78, 5) is 27.1. The van der Waals surface area contributed by atoms with Gasteiger partial charge in [0.15, 0.2) is 5.79 Å². The zero-order chi connectivity index (χ0) is 35.0. The molecule has 3 fully saturated rings. The number of esters is 2. The molecule has 0 saturated carbocycles. The van der Waals surface area contributed by atoms with Gasteiger partial charge in [0, 0.05) is 32.3 Å². The van der Waals surface area contributed by atoms with Crippen molar-refractivity contribution in [2.45, 2.75) is 136 Å². The highest BCUT2D eigenvalue weighted by atomic mass is 16.7. The molecule has 2 bridgehead atoms. The predicted molar refractivity (Wildman–Crippen MR) is 182 cm³/mol. The number of hydrogen-bond donors (Lipinski definition) is 1. The van der Waals surface area contributed by atoms with E-state index >= 15 is 0 Å². The molecule has 0 amide bonds. The van der Waals surface area contributed by atoms with Crippen LogP contribution < -0.4 is 0 Å². The highest BCUT2D eigenvalue weighted by molar-refractivity contribution is 5.78. The molecule has 4 heterocycles. The molecular formula is C39H56O9. The first kappa shape index (κ1) is 36.7. The lowest BCUT2D eigenvalue weighted by Gasteiger charge is -2.50. The Morgan fingerprint density at radius 2 is 1.88 bits per heavy atom. The van der Waals surface area contributed by atoms with Crippen LogP contribution in [0.2, 0.25) is 0 Å². The second kappa shape index (κ2) is 14.7. The molecule has 0 aromatic rings. The first-order chi connectivity index (χ1) is 22.7. The van der Waals surface area contributed by atoms with Crippen molar-refractivity contribution < 1.29 is 43.1 Å². The Hall–Kier alpha value is -2.56. The van der Waals surface area contributed by atoms with Crippen LogP contribution in [0.15, 0.2) is 58.7 Å². The lowest BCUT2D eigenvalue weighted by atomic mass is 9.70. The Bertz CT molecular complexity index is 1370. The summed E-state index contributed by atoms with van der Waals surface area (Å²) in [6, 6.07) is 0. The van der Waals surface area contributed by atoms with Gasteiger partial charge in [-0.1, -0.05) is 64.2 Å². The van der Waals surface area contributed by atoms with Crippen molar-refractivity contribution in [1.82, 2.24) is 0 Å². The van der Waals surface area contributed by atoms with E-state index in [0.29, 0.717) is 37.2 Å². The summed E-state index contributed by atoms with van der Waals surface area (Å²) in [5.41, 5.74) is 1.76. The average molecular weight is 669 g/mol. The highest BCUT2D eigenvalue weighted by Gasteiger charge is 2.60. The third kappa shape index (κ3) is 7.17. The topological polar surface area (TPSA) is 110 Å². The van der Waals surface area contributed by atoms with E-state index in [2.05, 4.69) is 26.0 Å². The molecule has 9 heteroatoms. The van der Waals surface area contributed by atoms with Crippen molar-refractivity contribution in [3.05, 3.63) is 58.7 Å². The van der Waals surface area contributed by atoms with Gasteiger partial charge in [-0.25, -0.2) is 0 Å². The summed E-state index contributed by atoms with van der Waals surface area (Å²) >= 11 is 0. The number of rotatable bonds is 4. The maximum atomic E-state index is 14.2. The molecule has 9 nitrogen and oxygen atoms in total. The number of carbonyl (C=O) groups is 2. The zero-order valence-corrected chi connectivity index (χ0v) is 30.2. The zero-order valence-electron chi connectivity index (χ0n) is 30.2. The molecule has 0 radical (unpaired) electrons. The van der Waals surface area contributed by atoms with Gasteiger partial charge in [-0.2, -0.15) is 0 Å². The van der Waals surface area contributed by atoms with Crippen molar-refractivity contribution >= 4 is 11.9 Å². The van der Waals surface area contributed by atoms with Gasteiger partial charge in [-0.05, 0) is 68.7 Å². The Balaban J connectivity index is 1.58. The third-order valence-corrected chi connectivity index (χ3v) is 11.0. The van der Waals surface area contributed by atoms with Crippen LogP contribution in [-0.2, 0) is 38.0 Å². The molecule has 11 atom stereocenters. The number of allylic oxidation sites excluding steroid dienone is 3. The van der Waals surface area contributed by atoms with E-state index in [0.717, 1.165) is 23.1 Å². The molecule has 48 heavy (non-hydrogen) atoms. The third-order valence-electron chi connectivity index (χ3n) is 11.0. The summed E-state index contributed by atoms with van der Waals surface area (Å²) < 4.78 is 38.0. The molecule has 1 N–H and O–H groups in total. The van der Waals surface area contributed by atoms with Crippen LogP contribution in [0, 0.1) is 23.7 Å². The van der Waals surface area contributed by atoms with E-state index in [1.807, 2.05) is 59.8 Å². The normalized spacial score (nSPS) is 43.7. The van der Waals surface area contributed by atoms with Crippen molar-refractivity contribution in [3.63, 3.8) is 0 Å². The van der Waals surface area contributed by atoms with Gasteiger partial charge in [-0.15, -0.1) is 0 Å². The van der Waals surface area contributed by atoms with Gasteiger partial charge in [0.1, 0.15) is 35.9 Å². The predicted octanol–water partition coefficient (Wildman–Crippen LogP) is 6.31. The first-order valence-corrected chi connectivity index (χ1v) is 17.7. The maximum absolute atomic E-state index is 14.2. The lowest BCUT2D eigenvalue weighted by Crippen LogP contribution is -2.58. The van der Waals surface area contributed by atoms with E-state index < -0.39 is 47.7 Å². The Morgan fingerprint density at radius 1 is 1.12 bits per heavy atom. The Morgan fingerprint density at radius 3 is 2.56 bits per heavy atom. The molecule has 5 rings (SSSR count). The fourth-order valence-corrected chi connectivity index (χ4v) is 8.06. The molecule has 0 aromatic heterocycles. The number of ether oxygens (including phenoxy) is 6. The van der Waals surface area contributed by atoms with Gasteiger partial charge in [-0.3, -0.25) is 9.59 Å². The van der Waals surface area contributed by atoms with Gasteiger partial charge in [0.05, 0.1) is 24.7 Å². The smallest absolute Gasteiger partial charge is 0.316 e. The van der Waals surface area contributed by atoms with Crippen LogP contribution in [0.3, 0.4) is 0 Å². The minimum Gasteiger partial charge on any atom is -0.462 e. The fourth-order valence-electron chi connectivity index (χ4n) is 8.06. The number of aliphatic hydroxyl groups is 1. The van der Waals surface area contributed by atoms with Crippen LogP contribution in [0.5, 0.6) is 0 Å². The number of hydrogen-bond acceptors (Lipinski definition) is 9. The van der Waals surface area contributed by atoms with Crippen molar-refractivity contribution in [1.29, 1.82) is 0 Å². The maximum Gasteiger partial charge on any atom is 0.316 e. The van der Waals surface area contributed by atoms with Crippen molar-refractivity contribution in [2.75, 3.05) is 13.7 Å². The lowest BCUT2D eigenvalue weighted by molar-refractivity contribution is -0.329. The summed E-state index contributed by atoms with van der Waals surface area (Å²) in [7, 11) is 1.58. The van der Waals surface area contributed by atoms with E-state index in [4.69, 9.17) is 28.4 Å². The highest BCUT2D eigenvalue weighted by Crippen LogP contribution is 2.48. The van der Waals surface area contributed by atoms with Gasteiger partial charge >= 0.3 is 11.9 Å². The summed E-state index contributed by atoms with van der Waals surface area (Å²) in [6.45, 7) is 16.0. The number of carbonyl (C=O) groups excluding carboxylic acids is 2. The Kier molecular flexibility index (Phi) is 11.3. The molecule has 3 saturated heterocycles. The van der Waals surface area contributed by atoms with Crippen molar-refractivity contribution in [3.8, 4) is 0 Å². The SMILES string of the molecule is C/C=C(\C)[C@H]1O[C@]2(CC[C@@H]1C)C[C@@H]1C[C@@H](C/C=C(\C)C(OC(=O)C(C)C)[C@@H](C)/C=C/C=C3\CO[C@@H]4[C@H](OC)C(C)=C[C@@H](C(=O)O1)[C@]34O)O2. The largest absolute Gasteiger partial charge is 0.462 e. The molecule has 5 aliphatic rings. The van der Waals surface area contributed by atoms with Gasteiger partial charge in [0.2, 0.25) is 0 Å². The molecule has 4 aliphatic heterocycles. The monoisotopic (exact) mass is 668 g/mol. The molecule has 266 valence electrons. The van der Waals surface area contributed by atoms with E-state index in [-0.39, 0.29) is 36.6 Å². The van der Waals surface area contributed by atoms with Crippen molar-refractivity contribution in [2.24, 2.45) is 23.7 Å². The quantitative estimate of drug-likeness (QED) is 0.272. The number of fused-ring (bicyclic) bond motifs is 2. The van der Waals surface area contributed by atoms with Crippen LogP contribution in [0.4, 0.5) is 0 Å². The Labute approximate surface area is 286 Å². The molecule has 1 aliphatic carbocycles. The first-order valence-electron chi connectivity index (χ1n) is 17.7. The van der Waals surface area contributed by atoms with E-state index in [9.17, 15) is 14.7 Å². The van der Waals surface area contributed by atoms with Crippen LogP contribution in [0.25, 0.3) is 0 Å². The van der Waals surface area contributed by atoms with E-state index in [1.54, 1.807) is 13.2 Å². The second-order valence-corrected chi connectivity index (χ2v) is 15.0. The van der Waals surface area contributed by atoms with E-state index in [1.165, 1.54) is 0 Å². The fraction of sp³-hybridized carbons (Fsp3) is 0.692. The van der Waals surface area contributed by atoms with Gasteiger partial charge < -0.3 is 33.5 Å². The number of methoxy groups -OCH3 is 1. The van der Waals surface area contributed by atoms with Crippen LogP contribution >= 0.6 is 0 Å². The summed E-state index contributed by atoms with van der Waals surface area (Å²) in [6.07, 6.45) is 11.8.